The van der Waals surface area contributed by atoms with Crippen molar-refractivity contribution in [3.05, 3.63) is 35.4 Å². The van der Waals surface area contributed by atoms with Crippen LogP contribution in [0.2, 0.25) is 0 Å². The van der Waals surface area contributed by atoms with Crippen molar-refractivity contribution in [2.75, 3.05) is 21.3 Å². The van der Waals surface area contributed by atoms with E-state index in [1.807, 2.05) is 18.2 Å². The average molecular weight is 680 g/mol. The molecule has 2 aliphatic carbocycles. The van der Waals surface area contributed by atoms with Crippen molar-refractivity contribution in [1.82, 2.24) is 5.32 Å². The lowest BCUT2D eigenvalue weighted by Crippen LogP contribution is -2.56. The van der Waals surface area contributed by atoms with E-state index < -0.39 is 23.7 Å². The Hall–Kier alpha value is -2.75. The van der Waals surface area contributed by atoms with Gasteiger partial charge in [0.25, 0.3) is 0 Å². The lowest BCUT2D eigenvalue weighted by atomic mass is 9.55. The van der Waals surface area contributed by atoms with Crippen LogP contribution in [-0.4, -0.2) is 62.8 Å². The van der Waals surface area contributed by atoms with Crippen molar-refractivity contribution in [2.45, 2.75) is 110 Å². The molecule has 1 aromatic rings. The third-order valence-corrected chi connectivity index (χ3v) is 13.1. The van der Waals surface area contributed by atoms with Gasteiger partial charge in [-0.1, -0.05) is 39.3 Å². The average Bonchev–Trinajstić information content (AvgIpc) is 3.35. The number of nitrogens with one attached hydrogen (secondary N) is 1. The van der Waals surface area contributed by atoms with E-state index in [1.165, 1.54) is 5.57 Å². The Balaban J connectivity index is 1.32. The molecule has 270 valence electrons. The number of hydrogen-bond donors (Lipinski definition) is 1. The molecule has 12 unspecified atom stereocenters. The predicted molar refractivity (Wildman–Crippen MR) is 185 cm³/mol. The molecule has 1 spiro atoms. The fraction of sp³-hybridized carbons (Fsp3) is 0.725. The third kappa shape index (κ3) is 6.48. The summed E-state index contributed by atoms with van der Waals surface area (Å²) in [6, 6.07) is 4.83. The van der Waals surface area contributed by atoms with Crippen LogP contribution in [0.25, 0.3) is 0 Å². The zero-order valence-corrected chi connectivity index (χ0v) is 30.8. The molecule has 3 saturated heterocycles. The van der Waals surface area contributed by atoms with Crippen LogP contribution in [0.5, 0.6) is 11.5 Å². The largest absolute Gasteiger partial charge is 0.497 e. The quantitative estimate of drug-likeness (QED) is 0.246. The van der Waals surface area contributed by atoms with Crippen LogP contribution in [0.4, 0.5) is 0 Å². The number of ether oxygens (including phenoxy) is 5. The first-order valence-corrected chi connectivity index (χ1v) is 18.5. The van der Waals surface area contributed by atoms with E-state index in [2.05, 4.69) is 46.0 Å². The first-order chi connectivity index (χ1) is 23.3. The molecule has 4 fully saturated rings. The molecule has 1 amide bonds. The summed E-state index contributed by atoms with van der Waals surface area (Å²) in [4.78, 5) is 40.6. The molecule has 1 aromatic carbocycles. The lowest BCUT2D eigenvalue weighted by molar-refractivity contribution is -0.356. The van der Waals surface area contributed by atoms with Crippen LogP contribution in [0.1, 0.15) is 91.7 Å². The van der Waals surface area contributed by atoms with Gasteiger partial charge in [-0.25, -0.2) is 0 Å². The fourth-order valence-corrected chi connectivity index (χ4v) is 10.1. The highest BCUT2D eigenvalue weighted by Gasteiger charge is 2.56. The second-order valence-electron chi connectivity index (χ2n) is 16.0. The van der Waals surface area contributed by atoms with Crippen LogP contribution in [-0.2, 0) is 28.6 Å². The topological polar surface area (TPSA) is 109 Å². The fourth-order valence-electron chi connectivity index (χ4n) is 10.1. The second kappa shape index (κ2) is 14.1. The molecule has 0 bridgehead atoms. The molecule has 0 radical (unpaired) electrons. The summed E-state index contributed by atoms with van der Waals surface area (Å²) < 4.78 is 31.5. The van der Waals surface area contributed by atoms with E-state index in [9.17, 15) is 14.4 Å². The number of carbonyl (C=O) groups excluding carboxylic acids is 3. The maximum atomic E-state index is 14.7. The maximum absolute atomic E-state index is 14.7. The summed E-state index contributed by atoms with van der Waals surface area (Å²) in [6.45, 7) is 12.6. The molecule has 1 saturated carbocycles. The van der Waals surface area contributed by atoms with Crippen LogP contribution < -0.4 is 14.8 Å². The summed E-state index contributed by atoms with van der Waals surface area (Å²) in [5, 5.41) is 2.77. The number of carbonyl (C=O) groups is 3. The van der Waals surface area contributed by atoms with Gasteiger partial charge in [0.2, 0.25) is 5.91 Å². The number of amides is 1. The molecule has 0 aromatic heterocycles. The normalized spacial score (nSPS) is 42.3. The maximum Gasteiger partial charge on any atom is 0.231 e. The minimum absolute atomic E-state index is 0.00601. The van der Waals surface area contributed by atoms with Gasteiger partial charge in [-0.2, -0.15) is 0 Å². The first kappa shape index (κ1) is 36.1. The van der Waals surface area contributed by atoms with Gasteiger partial charge in [0, 0.05) is 31.4 Å². The molecule has 49 heavy (non-hydrogen) atoms. The van der Waals surface area contributed by atoms with Crippen molar-refractivity contribution >= 4 is 17.5 Å². The molecule has 14 atom stereocenters. The number of ketones is 2. The van der Waals surface area contributed by atoms with Crippen molar-refractivity contribution in [2.24, 2.45) is 53.3 Å². The van der Waals surface area contributed by atoms with Gasteiger partial charge in [0.15, 0.2) is 17.4 Å². The number of methoxy groups -OCH3 is 3. The minimum Gasteiger partial charge on any atom is -0.497 e. The van der Waals surface area contributed by atoms with E-state index >= 15 is 0 Å². The van der Waals surface area contributed by atoms with Gasteiger partial charge in [-0.3, -0.25) is 14.4 Å². The molecule has 9 heteroatoms. The molecular formula is C40H57NO8. The zero-order chi connectivity index (χ0) is 35.4. The summed E-state index contributed by atoms with van der Waals surface area (Å²) in [5.74, 6) is -0.524. The van der Waals surface area contributed by atoms with Gasteiger partial charge in [0.1, 0.15) is 17.5 Å². The SMILES string of the molecule is COc1cc(OC)cc(C2OC3(CCC2C)OC(C[C@@H]2C(C)=CC4CCC(OC)C(C)C4[C@H]2C(=O)C2NC(=O)C(C)C2=O)C(C)CC3C)c1. The number of Topliss-reactive ketones (excluding diaryl/α,β-unsaturated/α-hetero) is 2. The number of allylic oxidation sites excluding steroid dienone is 2. The number of rotatable bonds is 8. The monoisotopic (exact) mass is 679 g/mol. The summed E-state index contributed by atoms with van der Waals surface area (Å²) >= 11 is 0. The molecule has 5 aliphatic rings. The summed E-state index contributed by atoms with van der Waals surface area (Å²) in [7, 11) is 5.07. The Labute approximate surface area is 292 Å². The number of fused-ring (bicyclic) bond motifs is 1. The van der Waals surface area contributed by atoms with Crippen LogP contribution in [0, 0.1) is 53.3 Å². The lowest BCUT2D eigenvalue weighted by Gasteiger charge is -2.54. The van der Waals surface area contributed by atoms with E-state index in [0.29, 0.717) is 6.42 Å². The van der Waals surface area contributed by atoms with E-state index in [0.717, 1.165) is 49.2 Å². The van der Waals surface area contributed by atoms with E-state index in [-0.39, 0.29) is 77.2 Å². The summed E-state index contributed by atoms with van der Waals surface area (Å²) in [6.07, 6.45) is 7.24. The smallest absolute Gasteiger partial charge is 0.231 e. The molecule has 3 aliphatic heterocycles. The highest BCUT2D eigenvalue weighted by Crippen LogP contribution is 2.54. The van der Waals surface area contributed by atoms with Crippen LogP contribution in [0.15, 0.2) is 29.8 Å². The van der Waals surface area contributed by atoms with Gasteiger partial charge in [-0.05, 0) is 99.2 Å². The van der Waals surface area contributed by atoms with Crippen molar-refractivity contribution < 1.29 is 38.1 Å². The highest BCUT2D eigenvalue weighted by atomic mass is 16.7. The standard InChI is InChI=1S/C40H57NO8/c1-20-12-13-40(49-38(20)27-16-28(45-7)18-29(17-27)46-8)23(4)14-22(3)32(48-40)19-30-21(2)15-26-10-11-31(47-9)24(5)33(26)34(30)37(43)35-36(42)25(6)39(44)41-35/h15-18,20,22-26,30-35,38H,10-14,19H2,1-9H3,(H,41,44)/t20?,22?,23?,24?,25?,26?,30-,31?,32?,33?,34+,35?,38?,40?/m1/s1. The Morgan fingerprint density at radius 2 is 1.63 bits per heavy atom. The molecule has 1 N–H and O–H groups in total. The minimum atomic E-state index is -1.10. The Morgan fingerprint density at radius 1 is 0.939 bits per heavy atom. The highest BCUT2D eigenvalue weighted by molar-refractivity contribution is 6.20. The van der Waals surface area contributed by atoms with E-state index in [1.54, 1.807) is 28.3 Å². The van der Waals surface area contributed by atoms with Gasteiger partial charge in [-0.15, -0.1) is 0 Å². The van der Waals surface area contributed by atoms with Crippen molar-refractivity contribution in [3.8, 4) is 11.5 Å². The van der Waals surface area contributed by atoms with E-state index in [4.69, 9.17) is 23.7 Å². The predicted octanol–water partition coefficient (Wildman–Crippen LogP) is 6.48. The molecule has 9 nitrogen and oxygen atoms in total. The van der Waals surface area contributed by atoms with Gasteiger partial charge >= 0.3 is 0 Å². The number of benzene rings is 1. The number of hydrogen-bond acceptors (Lipinski definition) is 8. The van der Waals surface area contributed by atoms with Gasteiger partial charge < -0.3 is 29.0 Å². The van der Waals surface area contributed by atoms with Crippen molar-refractivity contribution in [3.63, 3.8) is 0 Å². The molecule has 3 heterocycles. The van der Waals surface area contributed by atoms with Crippen molar-refractivity contribution in [1.29, 1.82) is 0 Å². The third-order valence-electron chi connectivity index (χ3n) is 13.1. The Morgan fingerprint density at radius 3 is 2.24 bits per heavy atom. The van der Waals surface area contributed by atoms with Crippen LogP contribution >= 0.6 is 0 Å². The first-order valence-electron chi connectivity index (χ1n) is 18.5. The zero-order valence-electron chi connectivity index (χ0n) is 30.8. The van der Waals surface area contributed by atoms with Gasteiger partial charge in [0.05, 0.1) is 38.4 Å². The Bertz CT molecular complexity index is 1440. The molecular weight excluding hydrogens is 622 g/mol. The second-order valence-corrected chi connectivity index (χ2v) is 16.0. The molecule has 6 rings (SSSR count). The Kier molecular flexibility index (Phi) is 10.4. The van der Waals surface area contributed by atoms with Crippen LogP contribution in [0.3, 0.4) is 0 Å². The summed E-state index contributed by atoms with van der Waals surface area (Å²) in [5.41, 5.74) is 2.18.